The van der Waals surface area contributed by atoms with E-state index < -0.39 is 0 Å². The summed E-state index contributed by atoms with van der Waals surface area (Å²) in [4.78, 5) is 16.6. The zero-order chi connectivity index (χ0) is 13.5. The van der Waals surface area contributed by atoms with Crippen molar-refractivity contribution in [1.82, 2.24) is 0 Å². The topological polar surface area (TPSA) is 38.7 Å². The van der Waals surface area contributed by atoms with Gasteiger partial charge in [0.15, 0.2) is 0 Å². The molecule has 0 unspecified atom stereocenters. The maximum atomic E-state index is 11.9. The minimum atomic E-state index is -0.114. The molecule has 1 aliphatic rings. The van der Waals surface area contributed by atoms with Crippen LogP contribution in [0.1, 0.15) is 38.2 Å². The van der Waals surface area contributed by atoms with E-state index in [1.165, 1.54) is 5.56 Å². The van der Waals surface area contributed by atoms with E-state index in [9.17, 15) is 4.79 Å². The van der Waals surface area contributed by atoms with E-state index in [0.717, 1.165) is 31.4 Å². The third-order valence-corrected chi connectivity index (χ3v) is 3.46. The van der Waals surface area contributed by atoms with E-state index >= 15 is 0 Å². The molecule has 1 saturated carbocycles. The van der Waals surface area contributed by atoms with Crippen LogP contribution in [0.5, 0.6) is 0 Å². The Morgan fingerprint density at radius 2 is 2.11 bits per heavy atom. The second-order valence-corrected chi connectivity index (χ2v) is 4.84. The molecule has 0 aliphatic heterocycles. The van der Waals surface area contributed by atoms with Gasteiger partial charge >= 0.3 is 5.97 Å². The Morgan fingerprint density at radius 3 is 2.84 bits per heavy atom. The van der Waals surface area contributed by atoms with Crippen LogP contribution in [0.15, 0.2) is 35.3 Å². The molecule has 0 radical (unpaired) electrons. The smallest absolute Gasteiger partial charge is 0.314 e. The molecule has 0 N–H and O–H groups in total. The zero-order valence-electron chi connectivity index (χ0n) is 11.5. The fraction of sp³-hybridized carbons (Fsp3) is 0.500. The monoisotopic (exact) mass is 259 g/mol. The molecule has 3 nitrogen and oxygen atoms in total. The van der Waals surface area contributed by atoms with Gasteiger partial charge in [0.2, 0.25) is 0 Å². The maximum Gasteiger partial charge on any atom is 0.314 e. The molecule has 1 fully saturated rings. The molecule has 1 aromatic carbocycles. The van der Waals surface area contributed by atoms with Crippen LogP contribution in [-0.4, -0.2) is 18.3 Å². The average molecular weight is 259 g/mol. The minimum absolute atomic E-state index is 0.103. The molecule has 1 aromatic rings. The number of hydrogen-bond acceptors (Lipinski definition) is 3. The van der Waals surface area contributed by atoms with Gasteiger partial charge in [0, 0.05) is 5.71 Å². The van der Waals surface area contributed by atoms with Crippen molar-refractivity contribution in [2.24, 2.45) is 10.9 Å². The van der Waals surface area contributed by atoms with Gasteiger partial charge in [0.25, 0.3) is 0 Å². The third-order valence-electron chi connectivity index (χ3n) is 3.46. The molecule has 102 valence electrons. The number of aliphatic imine (C=N–C) groups is 1. The Labute approximate surface area is 114 Å². The minimum Gasteiger partial charge on any atom is -0.465 e. The zero-order valence-corrected chi connectivity index (χ0v) is 11.5. The number of nitrogens with zero attached hydrogens (tertiary/aromatic N) is 1. The molecule has 0 saturated heterocycles. The molecule has 0 aromatic heterocycles. The molecule has 0 bridgehead atoms. The quantitative estimate of drug-likeness (QED) is 0.777. The van der Waals surface area contributed by atoms with Crippen molar-refractivity contribution in [3.8, 4) is 0 Å². The second-order valence-electron chi connectivity index (χ2n) is 4.84. The van der Waals surface area contributed by atoms with Crippen molar-refractivity contribution in [3.63, 3.8) is 0 Å². The maximum absolute atomic E-state index is 11.9. The lowest BCUT2D eigenvalue weighted by Gasteiger charge is -2.22. The SMILES string of the molecule is CCOC(=O)[C@H]1CCCCC1=NCc1ccccc1. The fourth-order valence-electron chi connectivity index (χ4n) is 2.46. The number of carbonyl (C=O) groups excluding carboxylic acids is 1. The van der Waals surface area contributed by atoms with Gasteiger partial charge in [-0.25, -0.2) is 0 Å². The number of ether oxygens (including phenoxy) is 1. The van der Waals surface area contributed by atoms with Crippen LogP contribution in [-0.2, 0) is 16.1 Å². The fourth-order valence-corrected chi connectivity index (χ4v) is 2.46. The van der Waals surface area contributed by atoms with Gasteiger partial charge < -0.3 is 4.74 Å². The summed E-state index contributed by atoms with van der Waals surface area (Å²) in [5.74, 6) is -0.216. The number of rotatable bonds is 4. The summed E-state index contributed by atoms with van der Waals surface area (Å²) in [5, 5.41) is 0. The Bertz CT molecular complexity index is 439. The van der Waals surface area contributed by atoms with Crippen LogP contribution < -0.4 is 0 Å². The lowest BCUT2D eigenvalue weighted by molar-refractivity contribution is -0.146. The van der Waals surface area contributed by atoms with Crippen molar-refractivity contribution in [1.29, 1.82) is 0 Å². The van der Waals surface area contributed by atoms with E-state index in [-0.39, 0.29) is 11.9 Å². The predicted octanol–water partition coefficient (Wildman–Crippen LogP) is 3.38. The highest BCUT2D eigenvalue weighted by Crippen LogP contribution is 2.23. The number of esters is 1. The normalized spacial score (nSPS) is 21.3. The summed E-state index contributed by atoms with van der Waals surface area (Å²) in [6.45, 7) is 2.95. The number of hydrogen-bond donors (Lipinski definition) is 0. The highest BCUT2D eigenvalue weighted by Gasteiger charge is 2.28. The summed E-state index contributed by atoms with van der Waals surface area (Å²) < 4.78 is 5.14. The van der Waals surface area contributed by atoms with Crippen molar-refractivity contribution < 1.29 is 9.53 Å². The Morgan fingerprint density at radius 1 is 1.32 bits per heavy atom. The molecule has 2 rings (SSSR count). The Hall–Kier alpha value is -1.64. The van der Waals surface area contributed by atoms with Gasteiger partial charge in [0.05, 0.1) is 19.1 Å². The Balaban J connectivity index is 2.04. The van der Waals surface area contributed by atoms with Gasteiger partial charge in [-0.2, -0.15) is 0 Å². The third kappa shape index (κ3) is 3.91. The van der Waals surface area contributed by atoms with Gasteiger partial charge in [-0.3, -0.25) is 9.79 Å². The molecule has 3 heteroatoms. The molecule has 0 amide bonds. The first-order chi connectivity index (χ1) is 9.31. The van der Waals surface area contributed by atoms with Crippen LogP contribution in [0.2, 0.25) is 0 Å². The lowest BCUT2D eigenvalue weighted by Crippen LogP contribution is -2.29. The van der Waals surface area contributed by atoms with Crippen LogP contribution in [0, 0.1) is 5.92 Å². The summed E-state index contributed by atoms with van der Waals surface area (Å²) in [6.07, 6.45) is 4.03. The average Bonchev–Trinajstić information content (AvgIpc) is 2.47. The Kier molecular flexibility index (Phi) is 5.13. The highest BCUT2D eigenvalue weighted by atomic mass is 16.5. The van der Waals surface area contributed by atoms with Crippen LogP contribution >= 0.6 is 0 Å². The summed E-state index contributed by atoms with van der Waals surface area (Å²) in [6, 6.07) is 10.1. The van der Waals surface area contributed by atoms with Crippen LogP contribution in [0.25, 0.3) is 0 Å². The predicted molar refractivity (Wildman–Crippen MR) is 76.2 cm³/mol. The molecule has 1 atom stereocenters. The van der Waals surface area contributed by atoms with E-state index in [4.69, 9.17) is 4.74 Å². The summed E-state index contributed by atoms with van der Waals surface area (Å²) in [5.41, 5.74) is 2.21. The lowest BCUT2D eigenvalue weighted by atomic mass is 9.87. The van der Waals surface area contributed by atoms with Crippen LogP contribution in [0.3, 0.4) is 0 Å². The molecule has 0 heterocycles. The van der Waals surface area contributed by atoms with Crippen LogP contribution in [0.4, 0.5) is 0 Å². The molecular weight excluding hydrogens is 238 g/mol. The van der Waals surface area contributed by atoms with E-state index in [2.05, 4.69) is 17.1 Å². The first kappa shape index (κ1) is 13.8. The summed E-state index contributed by atoms with van der Waals surface area (Å²) >= 11 is 0. The standard InChI is InChI=1S/C16H21NO2/c1-2-19-16(18)14-10-6-7-11-15(14)17-12-13-8-4-3-5-9-13/h3-5,8-9,14H,2,6-7,10-12H2,1H3/t14-/m0/s1. The highest BCUT2D eigenvalue weighted by molar-refractivity contribution is 6.02. The summed E-state index contributed by atoms with van der Waals surface area (Å²) in [7, 11) is 0. The van der Waals surface area contributed by atoms with Gasteiger partial charge in [0.1, 0.15) is 0 Å². The van der Waals surface area contributed by atoms with E-state index in [0.29, 0.717) is 13.2 Å². The van der Waals surface area contributed by atoms with Crippen molar-refractivity contribution in [2.45, 2.75) is 39.2 Å². The van der Waals surface area contributed by atoms with E-state index in [1.807, 2.05) is 25.1 Å². The molecule has 0 spiro atoms. The number of benzene rings is 1. The largest absolute Gasteiger partial charge is 0.465 e. The van der Waals surface area contributed by atoms with Gasteiger partial charge in [-0.1, -0.05) is 36.8 Å². The second kappa shape index (κ2) is 7.07. The molecular formula is C16H21NO2. The first-order valence-corrected chi connectivity index (χ1v) is 7.05. The van der Waals surface area contributed by atoms with Crippen molar-refractivity contribution >= 4 is 11.7 Å². The molecule has 1 aliphatic carbocycles. The van der Waals surface area contributed by atoms with Gasteiger partial charge in [-0.05, 0) is 31.7 Å². The molecule has 19 heavy (non-hydrogen) atoms. The van der Waals surface area contributed by atoms with Crippen molar-refractivity contribution in [2.75, 3.05) is 6.61 Å². The number of carbonyl (C=O) groups is 1. The van der Waals surface area contributed by atoms with E-state index in [1.54, 1.807) is 0 Å². The first-order valence-electron chi connectivity index (χ1n) is 7.05. The van der Waals surface area contributed by atoms with Crippen molar-refractivity contribution in [3.05, 3.63) is 35.9 Å². The van der Waals surface area contributed by atoms with Gasteiger partial charge in [-0.15, -0.1) is 0 Å².